The fraction of sp³-hybridized carbons (Fsp3) is 0.300. The largest absolute Gasteiger partial charge is 0.394 e. The molecule has 0 saturated heterocycles. The van der Waals surface area contributed by atoms with Crippen molar-refractivity contribution in [1.82, 2.24) is 5.32 Å². The van der Waals surface area contributed by atoms with Gasteiger partial charge in [-0.2, -0.15) is 0 Å². The highest BCUT2D eigenvalue weighted by Gasteiger charge is 2.17. The highest BCUT2D eigenvalue weighted by Crippen LogP contribution is 2.16. The zero-order valence-electron chi connectivity index (χ0n) is 9.01. The first-order chi connectivity index (χ1) is 7.95. The van der Waals surface area contributed by atoms with Crippen molar-refractivity contribution in [2.75, 3.05) is 6.61 Å². The molecule has 0 unspecified atom stereocenters. The smallest absolute Gasteiger partial charge is 0.270 e. The van der Waals surface area contributed by atoms with E-state index in [1.807, 2.05) is 0 Å². The van der Waals surface area contributed by atoms with Crippen LogP contribution in [0.3, 0.4) is 0 Å². The van der Waals surface area contributed by atoms with Crippen LogP contribution in [0, 0.1) is 15.9 Å². The minimum Gasteiger partial charge on any atom is -0.394 e. The van der Waals surface area contributed by atoms with Gasteiger partial charge in [0.2, 0.25) is 0 Å². The molecule has 1 aromatic rings. The van der Waals surface area contributed by atoms with Gasteiger partial charge in [0.05, 0.1) is 17.1 Å². The van der Waals surface area contributed by atoms with Crippen LogP contribution in [0.15, 0.2) is 18.2 Å². The van der Waals surface area contributed by atoms with Crippen molar-refractivity contribution in [3.05, 3.63) is 39.7 Å². The lowest BCUT2D eigenvalue weighted by Gasteiger charge is -2.10. The quantitative estimate of drug-likeness (QED) is 0.604. The molecule has 0 saturated carbocycles. The number of aliphatic hydroxyl groups excluding tert-OH is 1. The van der Waals surface area contributed by atoms with Gasteiger partial charge in [-0.15, -0.1) is 0 Å². The van der Waals surface area contributed by atoms with Crippen molar-refractivity contribution in [3.8, 4) is 0 Å². The molecule has 1 rings (SSSR count). The van der Waals surface area contributed by atoms with Gasteiger partial charge in [0.1, 0.15) is 5.82 Å². The van der Waals surface area contributed by atoms with E-state index in [4.69, 9.17) is 5.11 Å². The van der Waals surface area contributed by atoms with Gasteiger partial charge in [-0.3, -0.25) is 14.9 Å². The average molecular weight is 242 g/mol. The number of aliphatic hydroxyl groups is 1. The number of non-ortho nitro benzene ring substituents is 1. The van der Waals surface area contributed by atoms with Gasteiger partial charge in [0, 0.05) is 18.2 Å². The van der Waals surface area contributed by atoms with Crippen LogP contribution in [-0.2, 0) is 0 Å². The number of nitro benzene ring substituents is 1. The summed E-state index contributed by atoms with van der Waals surface area (Å²) in [5.41, 5.74) is -0.785. The van der Waals surface area contributed by atoms with Crippen LogP contribution >= 0.6 is 0 Å². The third-order valence-electron chi connectivity index (χ3n) is 2.06. The first-order valence-corrected chi connectivity index (χ1v) is 4.81. The molecule has 92 valence electrons. The van der Waals surface area contributed by atoms with Crippen molar-refractivity contribution in [2.45, 2.75) is 13.0 Å². The second-order valence-electron chi connectivity index (χ2n) is 3.48. The Morgan fingerprint density at radius 2 is 2.29 bits per heavy atom. The average Bonchev–Trinajstić information content (AvgIpc) is 2.28. The molecule has 0 spiro atoms. The summed E-state index contributed by atoms with van der Waals surface area (Å²) in [6.07, 6.45) is 0. The molecule has 1 amide bonds. The zero-order valence-corrected chi connectivity index (χ0v) is 9.01. The molecule has 2 N–H and O–H groups in total. The zero-order chi connectivity index (χ0) is 13.0. The predicted octanol–water partition coefficient (Wildman–Crippen LogP) is 0.845. The summed E-state index contributed by atoms with van der Waals surface area (Å²) in [4.78, 5) is 21.3. The lowest BCUT2D eigenvalue weighted by Crippen LogP contribution is -2.35. The van der Waals surface area contributed by atoms with Crippen LogP contribution in [0.25, 0.3) is 0 Å². The van der Waals surface area contributed by atoms with Crippen LogP contribution in [0.1, 0.15) is 17.3 Å². The summed E-state index contributed by atoms with van der Waals surface area (Å²) in [5, 5.41) is 21.5. The number of halogens is 1. The third kappa shape index (κ3) is 3.22. The van der Waals surface area contributed by atoms with Gasteiger partial charge < -0.3 is 10.4 Å². The van der Waals surface area contributed by atoms with Crippen LogP contribution < -0.4 is 5.32 Å². The van der Waals surface area contributed by atoms with Crippen LogP contribution in [0.2, 0.25) is 0 Å². The second-order valence-corrected chi connectivity index (χ2v) is 3.48. The van der Waals surface area contributed by atoms with E-state index in [0.717, 1.165) is 18.2 Å². The first kappa shape index (κ1) is 13.0. The number of carbonyl (C=O) groups excluding carboxylic acids is 1. The highest BCUT2D eigenvalue weighted by molar-refractivity contribution is 5.95. The number of benzene rings is 1. The van der Waals surface area contributed by atoms with Crippen molar-refractivity contribution >= 4 is 11.6 Å². The normalized spacial score (nSPS) is 11.9. The maximum Gasteiger partial charge on any atom is 0.270 e. The van der Waals surface area contributed by atoms with Crippen molar-refractivity contribution in [3.63, 3.8) is 0 Å². The Hall–Kier alpha value is -2.02. The standard InChI is InChI=1S/C10H11FN2O4/c1-6(5-14)12-10(15)8-4-7(13(16)17)2-3-9(8)11/h2-4,6,14H,5H2,1H3,(H,12,15)/t6-/m0/s1. The van der Waals surface area contributed by atoms with Crippen molar-refractivity contribution in [1.29, 1.82) is 0 Å². The van der Waals surface area contributed by atoms with Gasteiger partial charge in [-0.05, 0) is 13.0 Å². The molecular weight excluding hydrogens is 231 g/mol. The molecule has 0 aliphatic rings. The molecule has 0 radical (unpaired) electrons. The van der Waals surface area contributed by atoms with Gasteiger partial charge >= 0.3 is 0 Å². The lowest BCUT2D eigenvalue weighted by atomic mass is 10.1. The van der Waals surface area contributed by atoms with Gasteiger partial charge in [0.15, 0.2) is 0 Å². The SMILES string of the molecule is C[C@@H](CO)NC(=O)c1cc([N+](=O)[O-])ccc1F. The van der Waals surface area contributed by atoms with Gasteiger partial charge in [-0.25, -0.2) is 4.39 Å². The van der Waals surface area contributed by atoms with Crippen LogP contribution in [0.4, 0.5) is 10.1 Å². The summed E-state index contributed by atoms with van der Waals surface area (Å²) in [5.74, 6) is -1.65. The number of hydrogen-bond acceptors (Lipinski definition) is 4. The van der Waals surface area contributed by atoms with Gasteiger partial charge in [0.25, 0.3) is 11.6 Å². The molecule has 6 nitrogen and oxygen atoms in total. The molecule has 7 heteroatoms. The number of rotatable bonds is 4. The molecule has 0 fully saturated rings. The fourth-order valence-corrected chi connectivity index (χ4v) is 1.15. The van der Waals surface area contributed by atoms with E-state index in [2.05, 4.69) is 5.32 Å². The van der Waals surface area contributed by atoms with E-state index in [1.165, 1.54) is 6.92 Å². The fourth-order valence-electron chi connectivity index (χ4n) is 1.15. The van der Waals surface area contributed by atoms with Crippen LogP contribution in [-0.4, -0.2) is 28.6 Å². The van der Waals surface area contributed by atoms with Crippen LogP contribution in [0.5, 0.6) is 0 Å². The Morgan fingerprint density at radius 3 is 2.82 bits per heavy atom. The van der Waals surface area contributed by atoms with E-state index < -0.39 is 28.3 Å². The molecular formula is C10H11FN2O4. The molecule has 0 aliphatic carbocycles. The molecule has 0 bridgehead atoms. The summed E-state index contributed by atoms with van der Waals surface area (Å²) < 4.78 is 13.3. The highest BCUT2D eigenvalue weighted by atomic mass is 19.1. The number of amides is 1. The molecule has 0 aromatic heterocycles. The second kappa shape index (κ2) is 5.35. The monoisotopic (exact) mass is 242 g/mol. The van der Waals surface area contributed by atoms with Gasteiger partial charge in [-0.1, -0.05) is 0 Å². The maximum absolute atomic E-state index is 13.3. The Bertz CT molecular complexity index is 450. The van der Waals surface area contributed by atoms with E-state index in [9.17, 15) is 19.3 Å². The number of nitrogens with one attached hydrogen (secondary N) is 1. The number of nitrogens with zero attached hydrogens (tertiary/aromatic N) is 1. The molecule has 0 heterocycles. The summed E-state index contributed by atoms with van der Waals surface area (Å²) in [7, 11) is 0. The van der Waals surface area contributed by atoms with E-state index in [1.54, 1.807) is 0 Å². The Morgan fingerprint density at radius 1 is 1.65 bits per heavy atom. The Kier molecular flexibility index (Phi) is 4.11. The Labute approximate surface area is 96.2 Å². The third-order valence-corrected chi connectivity index (χ3v) is 2.06. The van der Waals surface area contributed by atoms with E-state index >= 15 is 0 Å². The number of hydrogen-bond donors (Lipinski definition) is 2. The summed E-state index contributed by atoms with van der Waals surface area (Å²) in [6.45, 7) is 1.22. The summed E-state index contributed by atoms with van der Waals surface area (Å²) in [6, 6.07) is 2.13. The first-order valence-electron chi connectivity index (χ1n) is 4.81. The van der Waals surface area contributed by atoms with Crippen molar-refractivity contribution in [2.24, 2.45) is 0 Å². The molecule has 1 aromatic carbocycles. The molecule has 17 heavy (non-hydrogen) atoms. The van der Waals surface area contributed by atoms with E-state index in [0.29, 0.717) is 0 Å². The topological polar surface area (TPSA) is 92.5 Å². The van der Waals surface area contributed by atoms with Crippen molar-refractivity contribution < 1.29 is 19.2 Å². The minimum absolute atomic E-state index is 0.303. The molecule has 0 aliphatic heterocycles. The number of nitro groups is 1. The predicted molar refractivity (Wildman–Crippen MR) is 57.1 cm³/mol. The lowest BCUT2D eigenvalue weighted by molar-refractivity contribution is -0.384. The molecule has 1 atom stereocenters. The summed E-state index contributed by atoms with van der Waals surface area (Å²) >= 11 is 0. The minimum atomic E-state index is -0.849. The number of carbonyl (C=O) groups is 1. The van der Waals surface area contributed by atoms with E-state index in [-0.39, 0.29) is 12.3 Å². The maximum atomic E-state index is 13.3. The Balaban J connectivity index is 3.00.